The molecule has 0 fully saturated rings. The Labute approximate surface area is 239 Å². The Morgan fingerprint density at radius 1 is 1.05 bits per heavy atom. The maximum absolute atomic E-state index is 13.0. The summed E-state index contributed by atoms with van der Waals surface area (Å²) in [5.41, 5.74) is 2.18. The Hall–Kier alpha value is -3.92. The Morgan fingerprint density at radius 2 is 1.82 bits per heavy atom. The number of fused-ring (bicyclic) bond motifs is 1. The molecule has 5 N–H and O–H groups in total. The van der Waals surface area contributed by atoms with E-state index in [0.29, 0.717) is 50.1 Å². The number of nitrogens with one attached hydrogen (secondary N) is 3. The first-order valence-electron chi connectivity index (χ1n) is 11.7. The van der Waals surface area contributed by atoms with Gasteiger partial charge in [0.1, 0.15) is 0 Å². The third kappa shape index (κ3) is 6.39. The van der Waals surface area contributed by atoms with Gasteiger partial charge in [-0.25, -0.2) is 0 Å². The summed E-state index contributed by atoms with van der Waals surface area (Å²) in [6.45, 7) is 1.47. The van der Waals surface area contributed by atoms with Crippen LogP contribution in [0.15, 0.2) is 71.9 Å². The number of carboxylic acid groups (broad SMARTS) is 1. The Kier molecular flexibility index (Phi) is 8.54. The summed E-state index contributed by atoms with van der Waals surface area (Å²) in [5, 5.41) is 31.6. The molecule has 1 aliphatic heterocycles. The first kappa shape index (κ1) is 28.1. The van der Waals surface area contributed by atoms with Crippen molar-refractivity contribution >= 4 is 75.6 Å². The van der Waals surface area contributed by atoms with Crippen molar-refractivity contribution in [3.05, 3.63) is 88.0 Å². The van der Waals surface area contributed by atoms with Gasteiger partial charge >= 0.3 is 5.97 Å². The summed E-state index contributed by atoms with van der Waals surface area (Å²) >= 11 is 12.3. The number of aromatic nitrogens is 1. The molecule has 3 aromatic carbocycles. The lowest BCUT2D eigenvalue weighted by molar-refractivity contribution is -0.137. The number of carboxylic acids is 1. The number of hydrogen-bond donors (Lipinski definition) is 5. The number of guanidine groups is 1. The summed E-state index contributed by atoms with van der Waals surface area (Å²) in [7, 11) is 0. The fourth-order valence-electron chi connectivity index (χ4n) is 4.40. The highest BCUT2D eigenvalue weighted by Crippen LogP contribution is 2.37. The number of aliphatic imine (C=N–C) groups is 1. The highest BCUT2D eigenvalue weighted by molar-refractivity contribution is 6.34. The maximum atomic E-state index is 13.0. The zero-order valence-corrected chi connectivity index (χ0v) is 22.6. The fraction of sp³-hybridized carbons (Fsp3) is 0.148. The number of rotatable bonds is 7. The molecule has 1 atom stereocenters. The predicted molar refractivity (Wildman–Crippen MR) is 156 cm³/mol. The van der Waals surface area contributed by atoms with Crippen molar-refractivity contribution in [2.45, 2.75) is 12.5 Å². The topological polar surface area (TPSA) is 128 Å². The number of carbonyl (C=O) groups is 2. The molecule has 12 heteroatoms. The number of hydrogen-bond acceptors (Lipinski definition) is 6. The van der Waals surface area contributed by atoms with Crippen molar-refractivity contribution in [2.75, 3.05) is 23.7 Å². The zero-order valence-electron chi connectivity index (χ0n) is 20.3. The summed E-state index contributed by atoms with van der Waals surface area (Å²) < 4.78 is 1.47. The maximum Gasteiger partial charge on any atom is 0.305 e. The molecule has 0 saturated heterocycles. The standard InChI is InChI=1S/C27H23Cl2N5O4.ClH/c28-18-8-17(9-19(29)11-18)23(13-24(35)36)34-14-16-4-5-21(12-22(16)26(34)38)32-25(37)15-2-1-3-20(10-15)33-27-30-6-7-31-27;/h1-5,8-12,14,23,38H,6-7,13H2,(H,32,37)(H,35,36)(H2,30,31,33);1H. The van der Waals surface area contributed by atoms with Crippen LogP contribution in [0.3, 0.4) is 0 Å². The molecular weight excluding hydrogens is 565 g/mol. The molecule has 1 unspecified atom stereocenters. The van der Waals surface area contributed by atoms with E-state index in [1.165, 1.54) is 4.57 Å². The molecule has 0 radical (unpaired) electrons. The van der Waals surface area contributed by atoms with Gasteiger partial charge in [0.15, 0.2) is 11.8 Å². The van der Waals surface area contributed by atoms with Crippen molar-refractivity contribution in [3.8, 4) is 5.88 Å². The molecule has 0 bridgehead atoms. The molecule has 4 aromatic rings. The number of halogens is 3. The quantitative estimate of drug-likeness (QED) is 0.187. The average Bonchev–Trinajstić information content (AvgIpc) is 3.50. The smallest absolute Gasteiger partial charge is 0.305 e. The minimum atomic E-state index is -1.05. The lowest BCUT2D eigenvalue weighted by atomic mass is 10.0. The molecule has 0 saturated carbocycles. The third-order valence-corrected chi connectivity index (χ3v) is 6.55. The molecule has 5 rings (SSSR count). The van der Waals surface area contributed by atoms with E-state index >= 15 is 0 Å². The highest BCUT2D eigenvalue weighted by Gasteiger charge is 2.23. The molecule has 9 nitrogen and oxygen atoms in total. The lowest BCUT2D eigenvalue weighted by Gasteiger charge is -2.19. The number of carbonyl (C=O) groups excluding carboxylic acids is 1. The molecule has 202 valence electrons. The Morgan fingerprint density at radius 3 is 2.51 bits per heavy atom. The second kappa shape index (κ2) is 11.9. The molecule has 0 aliphatic carbocycles. The minimum Gasteiger partial charge on any atom is -0.494 e. The van der Waals surface area contributed by atoms with E-state index in [0.717, 1.165) is 12.2 Å². The van der Waals surface area contributed by atoms with Crippen molar-refractivity contribution in [1.29, 1.82) is 0 Å². The summed E-state index contributed by atoms with van der Waals surface area (Å²) in [6, 6.07) is 16.2. The van der Waals surface area contributed by atoms with Gasteiger partial charge in [-0.15, -0.1) is 12.4 Å². The van der Waals surface area contributed by atoms with Crippen molar-refractivity contribution < 1.29 is 19.8 Å². The largest absolute Gasteiger partial charge is 0.494 e. The molecule has 39 heavy (non-hydrogen) atoms. The van der Waals surface area contributed by atoms with Crippen molar-refractivity contribution in [1.82, 2.24) is 9.88 Å². The highest BCUT2D eigenvalue weighted by atomic mass is 35.5. The number of benzene rings is 3. The number of aromatic hydroxyl groups is 1. The monoisotopic (exact) mass is 587 g/mol. The van der Waals surface area contributed by atoms with Gasteiger partial charge in [0.25, 0.3) is 5.91 Å². The van der Waals surface area contributed by atoms with Gasteiger partial charge in [0.05, 0.1) is 19.0 Å². The fourth-order valence-corrected chi connectivity index (χ4v) is 4.94. The average molecular weight is 589 g/mol. The number of anilines is 2. The van der Waals surface area contributed by atoms with Crippen LogP contribution in [0.1, 0.15) is 28.4 Å². The van der Waals surface area contributed by atoms with E-state index in [9.17, 15) is 19.8 Å². The van der Waals surface area contributed by atoms with Gasteiger partial charge in [-0.05, 0) is 54.1 Å². The van der Waals surface area contributed by atoms with E-state index in [4.69, 9.17) is 23.2 Å². The van der Waals surface area contributed by atoms with E-state index in [-0.39, 0.29) is 30.6 Å². The Balaban J connectivity index is 0.00000353. The number of nitrogens with zero attached hydrogens (tertiary/aromatic N) is 2. The normalized spacial score (nSPS) is 13.2. The van der Waals surface area contributed by atoms with Crippen LogP contribution in [-0.2, 0) is 4.79 Å². The van der Waals surface area contributed by atoms with E-state index in [2.05, 4.69) is 20.9 Å². The molecule has 1 aromatic heterocycles. The van der Waals surface area contributed by atoms with E-state index in [1.54, 1.807) is 60.8 Å². The third-order valence-electron chi connectivity index (χ3n) is 6.11. The van der Waals surface area contributed by atoms with Crippen molar-refractivity contribution in [3.63, 3.8) is 0 Å². The lowest BCUT2D eigenvalue weighted by Crippen LogP contribution is -2.26. The van der Waals surface area contributed by atoms with Crippen LogP contribution in [0.2, 0.25) is 10.0 Å². The zero-order chi connectivity index (χ0) is 26.8. The van der Waals surface area contributed by atoms with Crippen LogP contribution in [0, 0.1) is 0 Å². The first-order valence-corrected chi connectivity index (χ1v) is 12.5. The summed E-state index contributed by atoms with van der Waals surface area (Å²) in [6.07, 6.45) is 1.36. The van der Waals surface area contributed by atoms with Crippen molar-refractivity contribution in [2.24, 2.45) is 4.99 Å². The van der Waals surface area contributed by atoms with Gasteiger partial charge < -0.3 is 30.7 Å². The second-order valence-corrected chi connectivity index (χ2v) is 9.67. The van der Waals surface area contributed by atoms with Gasteiger partial charge in [-0.1, -0.05) is 35.3 Å². The number of amides is 1. The first-order chi connectivity index (χ1) is 18.3. The SMILES string of the molecule is Cl.O=C(O)CC(c1cc(Cl)cc(Cl)c1)n1cc2ccc(NC(=O)c3cccc(NC4=NCCN4)c3)cc2c1O. The van der Waals surface area contributed by atoms with E-state index < -0.39 is 12.0 Å². The Bertz CT molecular complexity index is 1570. The molecule has 1 amide bonds. The minimum absolute atomic E-state index is 0. The predicted octanol–water partition coefficient (Wildman–Crippen LogP) is 5.76. The van der Waals surface area contributed by atoms with Gasteiger partial charge in [-0.2, -0.15) is 0 Å². The van der Waals surface area contributed by atoms with Crippen LogP contribution in [0.25, 0.3) is 10.8 Å². The van der Waals surface area contributed by atoms with E-state index in [1.807, 2.05) is 6.07 Å². The number of aliphatic carboxylic acids is 1. The molecule has 0 spiro atoms. The summed E-state index contributed by atoms with van der Waals surface area (Å²) in [4.78, 5) is 28.9. The van der Waals surface area contributed by atoms with Gasteiger partial charge in [0, 0.05) is 50.5 Å². The molecular formula is C27H24Cl3N5O4. The van der Waals surface area contributed by atoms with Crippen LogP contribution in [0.5, 0.6) is 5.88 Å². The second-order valence-electron chi connectivity index (χ2n) is 8.80. The van der Waals surface area contributed by atoms with Crippen LogP contribution in [0.4, 0.5) is 11.4 Å². The summed E-state index contributed by atoms with van der Waals surface area (Å²) in [5.74, 6) is -0.863. The molecule has 1 aliphatic rings. The van der Waals surface area contributed by atoms with Gasteiger partial charge in [-0.3, -0.25) is 14.6 Å². The van der Waals surface area contributed by atoms with Crippen LogP contribution in [-0.4, -0.2) is 45.7 Å². The van der Waals surface area contributed by atoms with Gasteiger partial charge in [0.2, 0.25) is 0 Å². The van der Waals surface area contributed by atoms with Crippen LogP contribution >= 0.6 is 35.6 Å². The van der Waals surface area contributed by atoms with Crippen LogP contribution < -0.4 is 16.0 Å². The molecule has 2 heterocycles.